The molecule has 0 aromatic heterocycles. The Bertz CT molecular complexity index is 498. The first-order chi connectivity index (χ1) is 10.4. The van der Waals surface area contributed by atoms with E-state index in [1.165, 1.54) is 56.9 Å². The maximum atomic E-state index is 2.77. The predicted molar refractivity (Wildman–Crippen MR) is 88.1 cm³/mol. The van der Waals surface area contributed by atoms with E-state index in [0.717, 1.165) is 24.5 Å². The first-order valence-electron chi connectivity index (χ1n) is 8.90. The van der Waals surface area contributed by atoms with E-state index in [1.54, 1.807) is 0 Å². The summed E-state index contributed by atoms with van der Waals surface area (Å²) in [4.78, 5) is 2.77. The van der Waals surface area contributed by atoms with Gasteiger partial charge in [-0.1, -0.05) is 61.2 Å². The zero-order valence-corrected chi connectivity index (χ0v) is 13.0. The van der Waals surface area contributed by atoms with Gasteiger partial charge in [0.05, 0.1) is 0 Å². The summed E-state index contributed by atoms with van der Waals surface area (Å²) in [7, 11) is 0. The highest BCUT2D eigenvalue weighted by Gasteiger charge is 2.37. The maximum Gasteiger partial charge on any atom is 0.0288 e. The van der Waals surface area contributed by atoms with Gasteiger partial charge in [-0.2, -0.15) is 0 Å². The Hall–Kier alpha value is -1.08. The second kappa shape index (κ2) is 5.96. The molecule has 1 aromatic carbocycles. The van der Waals surface area contributed by atoms with Crippen molar-refractivity contribution >= 4 is 0 Å². The molecular weight excluding hydrogens is 254 g/mol. The quantitative estimate of drug-likeness (QED) is 0.710. The van der Waals surface area contributed by atoms with Crippen LogP contribution in [0.5, 0.6) is 0 Å². The van der Waals surface area contributed by atoms with Gasteiger partial charge in [0.2, 0.25) is 0 Å². The monoisotopic (exact) mass is 281 g/mol. The number of hydrogen-bond acceptors (Lipinski definition) is 1. The molecule has 1 saturated carbocycles. The lowest BCUT2D eigenvalue weighted by Crippen LogP contribution is -2.39. The van der Waals surface area contributed by atoms with Gasteiger partial charge in [0, 0.05) is 18.6 Å². The molecule has 1 aromatic rings. The number of rotatable bonds is 3. The van der Waals surface area contributed by atoms with E-state index in [-0.39, 0.29) is 0 Å². The fourth-order valence-corrected chi connectivity index (χ4v) is 4.77. The van der Waals surface area contributed by atoms with Gasteiger partial charge in [-0.25, -0.2) is 0 Å². The molecule has 0 spiro atoms. The van der Waals surface area contributed by atoms with Crippen molar-refractivity contribution in [3.8, 4) is 0 Å². The predicted octanol–water partition coefficient (Wildman–Crippen LogP) is 4.93. The third-order valence-corrected chi connectivity index (χ3v) is 5.91. The summed E-state index contributed by atoms with van der Waals surface area (Å²) >= 11 is 0. The fourth-order valence-electron chi connectivity index (χ4n) is 4.77. The van der Waals surface area contributed by atoms with Crippen LogP contribution in [0.2, 0.25) is 0 Å². The molecule has 1 nitrogen and oxygen atoms in total. The molecule has 2 unspecified atom stereocenters. The van der Waals surface area contributed by atoms with Crippen molar-refractivity contribution in [3.63, 3.8) is 0 Å². The SMILES string of the molecule is C1=C(C2CCCCC2)CC2CCC1N2Cc1ccccc1. The molecule has 0 radical (unpaired) electrons. The summed E-state index contributed by atoms with van der Waals surface area (Å²) in [5.41, 5.74) is 3.30. The molecule has 1 saturated heterocycles. The zero-order chi connectivity index (χ0) is 14.1. The van der Waals surface area contributed by atoms with Crippen molar-refractivity contribution < 1.29 is 0 Å². The molecule has 21 heavy (non-hydrogen) atoms. The second-order valence-electron chi connectivity index (χ2n) is 7.24. The van der Waals surface area contributed by atoms with E-state index >= 15 is 0 Å². The van der Waals surface area contributed by atoms with Gasteiger partial charge in [-0.05, 0) is 43.6 Å². The molecule has 2 aliphatic heterocycles. The van der Waals surface area contributed by atoms with Crippen LogP contribution in [0.3, 0.4) is 0 Å². The van der Waals surface area contributed by atoms with Crippen LogP contribution in [0.1, 0.15) is 56.9 Å². The van der Waals surface area contributed by atoms with Crippen LogP contribution >= 0.6 is 0 Å². The topological polar surface area (TPSA) is 3.24 Å². The maximum absolute atomic E-state index is 2.77. The van der Waals surface area contributed by atoms with Gasteiger partial charge < -0.3 is 0 Å². The third kappa shape index (κ3) is 2.81. The Morgan fingerprint density at radius 3 is 2.48 bits per heavy atom. The Labute approximate surface area is 129 Å². The normalized spacial score (nSPS) is 30.4. The Morgan fingerprint density at radius 2 is 1.71 bits per heavy atom. The molecule has 2 bridgehead atoms. The van der Waals surface area contributed by atoms with Crippen LogP contribution in [0.25, 0.3) is 0 Å². The van der Waals surface area contributed by atoms with Crippen molar-refractivity contribution in [3.05, 3.63) is 47.5 Å². The van der Waals surface area contributed by atoms with Crippen LogP contribution in [-0.4, -0.2) is 17.0 Å². The molecule has 1 aliphatic carbocycles. The van der Waals surface area contributed by atoms with E-state index in [2.05, 4.69) is 41.3 Å². The van der Waals surface area contributed by atoms with Gasteiger partial charge in [-0.3, -0.25) is 4.90 Å². The Kier molecular flexibility index (Phi) is 3.85. The highest BCUT2D eigenvalue weighted by atomic mass is 15.2. The lowest BCUT2D eigenvalue weighted by molar-refractivity contribution is 0.187. The molecule has 0 amide bonds. The first-order valence-corrected chi connectivity index (χ1v) is 8.90. The van der Waals surface area contributed by atoms with Crippen LogP contribution in [0.15, 0.2) is 42.0 Å². The van der Waals surface area contributed by atoms with Crippen molar-refractivity contribution in [2.75, 3.05) is 0 Å². The summed E-state index contributed by atoms with van der Waals surface area (Å²) in [5.74, 6) is 0.931. The number of fused-ring (bicyclic) bond motifs is 2. The van der Waals surface area contributed by atoms with Crippen molar-refractivity contribution in [2.24, 2.45) is 5.92 Å². The molecule has 112 valence electrons. The van der Waals surface area contributed by atoms with Crippen LogP contribution in [0, 0.1) is 5.92 Å². The van der Waals surface area contributed by atoms with Gasteiger partial charge in [0.15, 0.2) is 0 Å². The smallest absolute Gasteiger partial charge is 0.0288 e. The van der Waals surface area contributed by atoms with Gasteiger partial charge in [0.25, 0.3) is 0 Å². The van der Waals surface area contributed by atoms with E-state index < -0.39 is 0 Å². The molecule has 3 aliphatic rings. The number of nitrogens with zero attached hydrogens (tertiary/aromatic N) is 1. The molecule has 0 N–H and O–H groups in total. The molecule has 2 heterocycles. The summed E-state index contributed by atoms with van der Waals surface area (Å²) in [6, 6.07) is 12.6. The summed E-state index contributed by atoms with van der Waals surface area (Å²) < 4.78 is 0. The lowest BCUT2D eigenvalue weighted by Gasteiger charge is -2.37. The average Bonchev–Trinajstić information content (AvgIpc) is 2.78. The van der Waals surface area contributed by atoms with E-state index in [0.29, 0.717) is 0 Å². The highest BCUT2D eigenvalue weighted by molar-refractivity contribution is 5.22. The summed E-state index contributed by atoms with van der Waals surface area (Å²) in [6.45, 7) is 1.14. The minimum absolute atomic E-state index is 0.723. The minimum atomic E-state index is 0.723. The summed E-state index contributed by atoms with van der Waals surface area (Å²) in [5, 5.41) is 0. The minimum Gasteiger partial charge on any atom is -0.289 e. The first kappa shape index (κ1) is 13.6. The Balaban J connectivity index is 1.48. The van der Waals surface area contributed by atoms with Crippen LogP contribution < -0.4 is 0 Å². The molecule has 4 rings (SSSR count). The van der Waals surface area contributed by atoms with Crippen molar-refractivity contribution in [1.29, 1.82) is 0 Å². The standard InChI is InChI=1S/C20H27N/c1-3-7-16(8-4-1)15-21-19-11-12-20(21)14-18(13-19)17-9-5-2-6-10-17/h1,3-4,7-8,13,17,19-20H,2,5-6,9-12,14-15H2. The van der Waals surface area contributed by atoms with Crippen molar-refractivity contribution in [2.45, 2.75) is 70.0 Å². The lowest BCUT2D eigenvalue weighted by atomic mass is 9.80. The van der Waals surface area contributed by atoms with Crippen molar-refractivity contribution in [1.82, 2.24) is 4.90 Å². The largest absolute Gasteiger partial charge is 0.289 e. The van der Waals surface area contributed by atoms with Gasteiger partial charge >= 0.3 is 0 Å². The van der Waals surface area contributed by atoms with Crippen LogP contribution in [0.4, 0.5) is 0 Å². The average molecular weight is 281 g/mol. The number of hydrogen-bond donors (Lipinski definition) is 0. The summed E-state index contributed by atoms with van der Waals surface area (Å²) in [6.07, 6.45) is 14.1. The fraction of sp³-hybridized carbons (Fsp3) is 0.600. The third-order valence-electron chi connectivity index (χ3n) is 5.91. The molecule has 2 fully saturated rings. The Morgan fingerprint density at radius 1 is 0.905 bits per heavy atom. The van der Waals surface area contributed by atoms with E-state index in [4.69, 9.17) is 0 Å². The molecular formula is C20H27N. The highest BCUT2D eigenvalue weighted by Crippen LogP contribution is 2.41. The number of benzene rings is 1. The van der Waals surface area contributed by atoms with Gasteiger partial charge in [-0.15, -0.1) is 0 Å². The molecule has 1 heteroatoms. The zero-order valence-electron chi connectivity index (χ0n) is 13.0. The second-order valence-corrected chi connectivity index (χ2v) is 7.24. The molecule has 2 atom stereocenters. The van der Waals surface area contributed by atoms with Gasteiger partial charge in [0.1, 0.15) is 0 Å². The van der Waals surface area contributed by atoms with E-state index in [1.807, 2.05) is 5.57 Å². The van der Waals surface area contributed by atoms with Crippen LogP contribution in [-0.2, 0) is 6.54 Å². The van der Waals surface area contributed by atoms with E-state index in [9.17, 15) is 0 Å².